The fourth-order valence-electron chi connectivity index (χ4n) is 3.50. The summed E-state index contributed by atoms with van der Waals surface area (Å²) in [4.78, 5) is 2.07. The zero-order valence-electron chi connectivity index (χ0n) is 13.7. The van der Waals surface area contributed by atoms with Gasteiger partial charge in [0.05, 0.1) is 24.4 Å². The van der Waals surface area contributed by atoms with E-state index in [0.29, 0.717) is 25.9 Å². The zero-order chi connectivity index (χ0) is 16.9. The summed E-state index contributed by atoms with van der Waals surface area (Å²) >= 11 is 0. The Kier molecular flexibility index (Phi) is 5.63. The first-order valence-electron chi connectivity index (χ1n) is 8.51. The van der Waals surface area contributed by atoms with Gasteiger partial charge < -0.3 is 15.3 Å². The van der Waals surface area contributed by atoms with Gasteiger partial charge in [0.25, 0.3) is 0 Å². The van der Waals surface area contributed by atoms with Crippen LogP contribution in [0.1, 0.15) is 24.0 Å². The summed E-state index contributed by atoms with van der Waals surface area (Å²) in [6, 6.07) is 19.6. The van der Waals surface area contributed by atoms with Crippen molar-refractivity contribution in [2.24, 2.45) is 0 Å². The molecule has 0 amide bonds. The maximum absolute atomic E-state index is 10.5. The average molecular weight is 327 g/mol. The zero-order valence-corrected chi connectivity index (χ0v) is 13.7. The third-order valence-corrected chi connectivity index (χ3v) is 4.78. The van der Waals surface area contributed by atoms with E-state index in [9.17, 15) is 15.3 Å². The highest BCUT2D eigenvalue weighted by atomic mass is 16.3. The molecule has 3 rings (SSSR count). The van der Waals surface area contributed by atoms with E-state index in [2.05, 4.69) is 4.90 Å². The molecule has 24 heavy (non-hydrogen) atoms. The Balaban J connectivity index is 1.85. The predicted octanol–water partition coefficient (Wildman–Crippen LogP) is 1.93. The first kappa shape index (κ1) is 17.1. The van der Waals surface area contributed by atoms with Crippen molar-refractivity contribution in [1.29, 1.82) is 0 Å². The van der Waals surface area contributed by atoms with Crippen molar-refractivity contribution in [3.05, 3.63) is 71.8 Å². The predicted molar refractivity (Wildman–Crippen MR) is 93.2 cm³/mol. The van der Waals surface area contributed by atoms with Crippen LogP contribution >= 0.6 is 0 Å². The quantitative estimate of drug-likeness (QED) is 0.785. The topological polar surface area (TPSA) is 63.9 Å². The second-order valence-electron chi connectivity index (χ2n) is 6.57. The summed E-state index contributed by atoms with van der Waals surface area (Å²) in [6.07, 6.45) is -1.43. The summed E-state index contributed by atoms with van der Waals surface area (Å²) in [5.74, 6) is 0. The highest BCUT2D eigenvalue weighted by Crippen LogP contribution is 2.27. The molecule has 0 bridgehead atoms. The first-order chi connectivity index (χ1) is 11.6. The Morgan fingerprint density at radius 2 is 1.17 bits per heavy atom. The summed E-state index contributed by atoms with van der Waals surface area (Å²) in [6.45, 7) is 1.22. The Morgan fingerprint density at radius 3 is 1.67 bits per heavy atom. The van der Waals surface area contributed by atoms with E-state index >= 15 is 0 Å². The van der Waals surface area contributed by atoms with E-state index in [1.54, 1.807) is 0 Å². The lowest BCUT2D eigenvalue weighted by Crippen LogP contribution is -2.57. The van der Waals surface area contributed by atoms with Gasteiger partial charge in [-0.1, -0.05) is 60.7 Å². The molecular formula is C20H25NO3. The van der Waals surface area contributed by atoms with E-state index in [4.69, 9.17) is 0 Å². The molecule has 2 aromatic carbocycles. The van der Waals surface area contributed by atoms with Crippen LogP contribution in [0.25, 0.3) is 0 Å². The molecule has 0 unspecified atom stereocenters. The van der Waals surface area contributed by atoms with Gasteiger partial charge in [0.1, 0.15) is 0 Å². The molecular weight excluding hydrogens is 302 g/mol. The van der Waals surface area contributed by atoms with Crippen molar-refractivity contribution in [3.8, 4) is 0 Å². The van der Waals surface area contributed by atoms with Crippen LogP contribution in [0.4, 0.5) is 0 Å². The number of aliphatic hydroxyl groups is 3. The Labute approximate surface area is 143 Å². The number of nitrogens with zero attached hydrogens (tertiary/aromatic N) is 1. The van der Waals surface area contributed by atoms with Gasteiger partial charge in [-0.15, -0.1) is 0 Å². The van der Waals surface area contributed by atoms with Crippen molar-refractivity contribution < 1.29 is 15.3 Å². The number of benzene rings is 2. The van der Waals surface area contributed by atoms with Crippen molar-refractivity contribution >= 4 is 0 Å². The average Bonchev–Trinajstić information content (AvgIpc) is 2.60. The van der Waals surface area contributed by atoms with Crippen LogP contribution in [-0.4, -0.2) is 44.6 Å². The highest BCUT2D eigenvalue weighted by molar-refractivity contribution is 5.18. The van der Waals surface area contributed by atoms with Crippen LogP contribution in [0.15, 0.2) is 60.7 Å². The van der Waals surface area contributed by atoms with Gasteiger partial charge in [0.15, 0.2) is 0 Å². The van der Waals surface area contributed by atoms with Crippen LogP contribution in [-0.2, 0) is 13.1 Å². The van der Waals surface area contributed by atoms with E-state index in [1.165, 1.54) is 0 Å². The molecule has 0 aliphatic heterocycles. The third-order valence-electron chi connectivity index (χ3n) is 4.78. The Morgan fingerprint density at radius 1 is 0.708 bits per heavy atom. The molecule has 1 aliphatic carbocycles. The van der Waals surface area contributed by atoms with Crippen LogP contribution in [0.2, 0.25) is 0 Å². The molecule has 128 valence electrons. The van der Waals surface area contributed by atoms with Gasteiger partial charge >= 0.3 is 0 Å². The van der Waals surface area contributed by atoms with Crippen LogP contribution in [0.3, 0.4) is 0 Å². The maximum Gasteiger partial charge on any atom is 0.0979 e. The lowest BCUT2D eigenvalue weighted by molar-refractivity contribution is -0.117. The van der Waals surface area contributed by atoms with Crippen molar-refractivity contribution in [1.82, 2.24) is 4.90 Å². The molecule has 0 radical (unpaired) electrons. The molecule has 3 N–H and O–H groups in total. The molecule has 1 aliphatic rings. The molecule has 0 saturated heterocycles. The largest absolute Gasteiger partial charge is 0.391 e. The maximum atomic E-state index is 10.5. The van der Waals surface area contributed by atoms with E-state index in [1.807, 2.05) is 60.7 Å². The van der Waals surface area contributed by atoms with Gasteiger partial charge in [0, 0.05) is 13.1 Å². The smallest absolute Gasteiger partial charge is 0.0979 e. The molecule has 0 spiro atoms. The van der Waals surface area contributed by atoms with Crippen molar-refractivity contribution in [3.63, 3.8) is 0 Å². The molecule has 0 heterocycles. The van der Waals surface area contributed by atoms with E-state index < -0.39 is 24.4 Å². The molecule has 4 nitrogen and oxygen atoms in total. The molecule has 2 aromatic rings. The van der Waals surface area contributed by atoms with Gasteiger partial charge in [-0.3, -0.25) is 4.90 Å². The Bertz CT molecular complexity index is 578. The monoisotopic (exact) mass is 327 g/mol. The minimum absolute atomic E-state index is 0.434. The third kappa shape index (κ3) is 4.02. The number of rotatable bonds is 5. The van der Waals surface area contributed by atoms with E-state index in [-0.39, 0.29) is 0 Å². The second kappa shape index (κ2) is 7.90. The fraction of sp³-hybridized carbons (Fsp3) is 0.400. The number of aliphatic hydroxyl groups excluding tert-OH is 3. The number of hydrogen-bond acceptors (Lipinski definition) is 4. The second-order valence-corrected chi connectivity index (χ2v) is 6.57. The Hall–Kier alpha value is -1.72. The lowest BCUT2D eigenvalue weighted by atomic mass is 9.86. The molecule has 0 aromatic heterocycles. The molecule has 4 heteroatoms. The molecule has 1 fully saturated rings. The minimum Gasteiger partial charge on any atom is -0.391 e. The fourth-order valence-corrected chi connectivity index (χ4v) is 3.50. The standard InChI is InChI=1S/C20H25NO3/c22-17-11-12-18(23)20(24)19(17)21(13-15-7-3-1-4-8-15)14-16-9-5-2-6-10-16/h1-10,17-20,22-24H,11-14H2/t17-,18-,19+,20+/m1/s1. The van der Waals surface area contributed by atoms with Gasteiger partial charge in [-0.25, -0.2) is 0 Å². The summed E-state index contributed by atoms with van der Waals surface area (Å²) in [5.41, 5.74) is 2.24. The summed E-state index contributed by atoms with van der Waals surface area (Å²) < 4.78 is 0. The summed E-state index contributed by atoms with van der Waals surface area (Å²) in [5, 5.41) is 31.0. The normalized spacial score (nSPS) is 27.3. The van der Waals surface area contributed by atoms with Crippen molar-refractivity contribution in [2.45, 2.75) is 50.3 Å². The van der Waals surface area contributed by atoms with Crippen LogP contribution in [0, 0.1) is 0 Å². The summed E-state index contributed by atoms with van der Waals surface area (Å²) in [7, 11) is 0. The highest BCUT2D eigenvalue weighted by Gasteiger charge is 2.40. The number of hydrogen-bond donors (Lipinski definition) is 3. The van der Waals surface area contributed by atoms with Crippen LogP contribution < -0.4 is 0 Å². The van der Waals surface area contributed by atoms with Crippen molar-refractivity contribution in [2.75, 3.05) is 0 Å². The van der Waals surface area contributed by atoms with E-state index in [0.717, 1.165) is 11.1 Å². The SMILES string of the molecule is O[C@@H]1[C@@H](N(Cc2ccccc2)Cc2ccccc2)[C@H](O)CC[C@H]1O. The molecule has 4 atom stereocenters. The lowest BCUT2D eigenvalue weighted by Gasteiger charge is -2.42. The van der Waals surface area contributed by atoms with Gasteiger partial charge in [-0.2, -0.15) is 0 Å². The minimum atomic E-state index is -0.943. The van der Waals surface area contributed by atoms with Crippen LogP contribution in [0.5, 0.6) is 0 Å². The first-order valence-corrected chi connectivity index (χ1v) is 8.51. The molecule has 1 saturated carbocycles. The van der Waals surface area contributed by atoms with Gasteiger partial charge in [0.2, 0.25) is 0 Å². The van der Waals surface area contributed by atoms with Gasteiger partial charge in [-0.05, 0) is 24.0 Å².